The molecule has 2 N–H and O–H groups in total. The van der Waals surface area contributed by atoms with Crippen LogP contribution in [0.3, 0.4) is 0 Å². The van der Waals surface area contributed by atoms with Crippen LogP contribution in [0.15, 0.2) is 35.8 Å². The van der Waals surface area contributed by atoms with Crippen molar-refractivity contribution in [2.75, 3.05) is 14.1 Å². The molecule has 0 aromatic carbocycles. The van der Waals surface area contributed by atoms with Gasteiger partial charge in [0.05, 0.1) is 11.6 Å². The van der Waals surface area contributed by atoms with Crippen LogP contribution in [0.2, 0.25) is 0 Å². The Hall–Kier alpha value is -2.84. The molecule has 0 radical (unpaired) electrons. The standard InChI is InChI=1S/C18H23F3N4O.C4H8O/c1-10-6-14(9-23-16(10)18(19,20)21)17(26)24-12(3)13-7-11(2)25(5)15(8-13)22-4;1-4(2)3-5/h6-9,11-12,22H,1-5H3,(H,24,26);3-4H,1-2H3. The predicted molar refractivity (Wildman–Crippen MR) is 114 cm³/mol. The Morgan fingerprint density at radius 3 is 2.32 bits per heavy atom. The fourth-order valence-corrected chi connectivity index (χ4v) is 2.79. The highest BCUT2D eigenvalue weighted by atomic mass is 19.4. The molecule has 1 aromatic heterocycles. The van der Waals surface area contributed by atoms with Gasteiger partial charge in [0.25, 0.3) is 5.91 Å². The van der Waals surface area contributed by atoms with Gasteiger partial charge in [0.15, 0.2) is 0 Å². The summed E-state index contributed by atoms with van der Waals surface area (Å²) < 4.78 is 38.4. The first-order valence-corrected chi connectivity index (χ1v) is 9.95. The maximum atomic E-state index is 12.8. The van der Waals surface area contributed by atoms with Gasteiger partial charge in [-0.3, -0.25) is 9.78 Å². The number of rotatable bonds is 5. The highest BCUT2D eigenvalue weighted by Crippen LogP contribution is 2.30. The number of carbonyl (C=O) groups excluding carboxylic acids is 2. The van der Waals surface area contributed by atoms with E-state index < -0.39 is 17.8 Å². The van der Waals surface area contributed by atoms with Crippen LogP contribution < -0.4 is 10.6 Å². The predicted octanol–water partition coefficient (Wildman–Crippen LogP) is 3.69. The number of nitrogens with one attached hydrogen (secondary N) is 2. The van der Waals surface area contributed by atoms with Gasteiger partial charge in [-0.15, -0.1) is 0 Å². The maximum Gasteiger partial charge on any atom is 0.433 e. The average molecular weight is 441 g/mol. The van der Waals surface area contributed by atoms with Gasteiger partial charge in [0.1, 0.15) is 17.8 Å². The Balaban J connectivity index is 0.000000861. The fourth-order valence-electron chi connectivity index (χ4n) is 2.79. The summed E-state index contributed by atoms with van der Waals surface area (Å²) >= 11 is 0. The van der Waals surface area contributed by atoms with Crippen LogP contribution in [0.25, 0.3) is 0 Å². The summed E-state index contributed by atoms with van der Waals surface area (Å²) in [4.78, 5) is 27.4. The van der Waals surface area contributed by atoms with Gasteiger partial charge in [-0.1, -0.05) is 19.9 Å². The lowest BCUT2D eigenvalue weighted by atomic mass is 10.0. The monoisotopic (exact) mass is 440 g/mol. The molecule has 1 aliphatic rings. The molecule has 0 fully saturated rings. The number of halogens is 3. The topological polar surface area (TPSA) is 74.3 Å². The van der Waals surface area contributed by atoms with E-state index in [2.05, 4.69) is 20.5 Å². The zero-order valence-corrected chi connectivity index (χ0v) is 19.0. The second-order valence-corrected chi connectivity index (χ2v) is 7.76. The zero-order chi connectivity index (χ0) is 23.9. The molecule has 0 bridgehead atoms. The molecule has 2 atom stereocenters. The number of amides is 1. The highest BCUT2D eigenvalue weighted by Gasteiger charge is 2.34. The van der Waals surface area contributed by atoms with Crippen molar-refractivity contribution in [1.29, 1.82) is 0 Å². The number of aryl methyl sites for hydroxylation is 1. The first kappa shape index (κ1) is 26.2. The van der Waals surface area contributed by atoms with Crippen molar-refractivity contribution < 1.29 is 22.8 Å². The minimum atomic E-state index is -4.53. The molecule has 172 valence electrons. The lowest BCUT2D eigenvalue weighted by Crippen LogP contribution is -2.39. The third-order valence-corrected chi connectivity index (χ3v) is 4.71. The number of hydrogen-bond donors (Lipinski definition) is 2. The van der Waals surface area contributed by atoms with Gasteiger partial charge in [-0.05, 0) is 44.1 Å². The molecule has 31 heavy (non-hydrogen) atoms. The summed E-state index contributed by atoms with van der Waals surface area (Å²) in [5, 5.41) is 5.91. The van der Waals surface area contributed by atoms with Gasteiger partial charge in [0, 0.05) is 32.3 Å². The number of hydrogen-bond acceptors (Lipinski definition) is 5. The van der Waals surface area contributed by atoms with E-state index in [0.717, 1.165) is 23.9 Å². The van der Waals surface area contributed by atoms with Crippen LogP contribution in [0.5, 0.6) is 0 Å². The first-order valence-electron chi connectivity index (χ1n) is 9.95. The van der Waals surface area contributed by atoms with E-state index >= 15 is 0 Å². The molecule has 0 saturated carbocycles. The van der Waals surface area contributed by atoms with Gasteiger partial charge < -0.3 is 20.3 Å². The molecule has 6 nitrogen and oxygen atoms in total. The molecule has 9 heteroatoms. The Kier molecular flexibility index (Phi) is 9.27. The zero-order valence-electron chi connectivity index (χ0n) is 19.0. The minimum absolute atomic E-state index is 0.0812. The smallest absolute Gasteiger partial charge is 0.375 e. The molecule has 2 rings (SSSR count). The quantitative estimate of drug-likeness (QED) is 0.683. The number of aldehydes is 1. The van der Waals surface area contributed by atoms with Crippen molar-refractivity contribution in [1.82, 2.24) is 20.5 Å². The molecule has 1 aromatic rings. The molecule has 0 aliphatic carbocycles. The Labute approximate surface area is 181 Å². The summed E-state index contributed by atoms with van der Waals surface area (Å²) in [6.45, 7) is 8.86. The summed E-state index contributed by atoms with van der Waals surface area (Å²) in [5.74, 6) is 0.659. The van der Waals surface area contributed by atoms with E-state index in [1.54, 1.807) is 0 Å². The maximum absolute atomic E-state index is 12.8. The van der Waals surface area contributed by atoms with E-state index in [1.807, 2.05) is 53.9 Å². The molecule has 1 aliphatic heterocycles. The molecule has 1 amide bonds. The second kappa shape index (κ2) is 11.0. The van der Waals surface area contributed by atoms with Crippen LogP contribution in [0.4, 0.5) is 13.2 Å². The van der Waals surface area contributed by atoms with Crippen molar-refractivity contribution in [3.8, 4) is 0 Å². The molecular formula is C22H31F3N4O2. The van der Waals surface area contributed by atoms with Gasteiger partial charge in [0.2, 0.25) is 0 Å². The van der Waals surface area contributed by atoms with Gasteiger partial charge in [-0.25, -0.2) is 0 Å². The first-order chi connectivity index (χ1) is 14.3. The Morgan fingerprint density at radius 2 is 1.87 bits per heavy atom. The third-order valence-electron chi connectivity index (χ3n) is 4.71. The van der Waals surface area contributed by atoms with Crippen LogP contribution in [-0.4, -0.2) is 48.3 Å². The van der Waals surface area contributed by atoms with Gasteiger partial charge >= 0.3 is 6.18 Å². The van der Waals surface area contributed by atoms with Crippen molar-refractivity contribution in [3.05, 3.63) is 52.6 Å². The molecule has 2 unspecified atom stereocenters. The van der Waals surface area contributed by atoms with Crippen LogP contribution in [0, 0.1) is 12.8 Å². The molecular weight excluding hydrogens is 409 g/mol. The fraction of sp³-hybridized carbons (Fsp3) is 0.500. The van der Waals surface area contributed by atoms with Crippen molar-refractivity contribution in [3.63, 3.8) is 0 Å². The average Bonchev–Trinajstić information content (AvgIpc) is 2.69. The number of alkyl halides is 3. The van der Waals surface area contributed by atoms with Crippen molar-refractivity contribution in [2.45, 2.75) is 52.9 Å². The normalized spacial score (nSPS) is 17.1. The Morgan fingerprint density at radius 1 is 1.29 bits per heavy atom. The van der Waals surface area contributed by atoms with E-state index in [9.17, 15) is 22.8 Å². The largest absolute Gasteiger partial charge is 0.433 e. The summed E-state index contributed by atoms with van der Waals surface area (Å²) in [5.41, 5.74) is -0.0375. The lowest BCUT2D eigenvalue weighted by molar-refractivity contribution is -0.141. The summed E-state index contributed by atoms with van der Waals surface area (Å²) in [6.07, 6.45) is 1.30. The summed E-state index contributed by atoms with van der Waals surface area (Å²) in [7, 11) is 3.78. The van der Waals surface area contributed by atoms with Crippen LogP contribution in [-0.2, 0) is 11.0 Å². The van der Waals surface area contributed by atoms with Crippen LogP contribution >= 0.6 is 0 Å². The van der Waals surface area contributed by atoms with E-state index in [1.165, 1.54) is 13.0 Å². The summed E-state index contributed by atoms with van der Waals surface area (Å²) in [6, 6.07) is 1.05. The molecule has 2 heterocycles. The molecule has 0 saturated heterocycles. The second-order valence-electron chi connectivity index (χ2n) is 7.76. The van der Waals surface area contributed by atoms with Gasteiger partial charge in [-0.2, -0.15) is 13.2 Å². The molecule has 0 spiro atoms. The number of carbonyl (C=O) groups is 2. The van der Waals surface area contributed by atoms with Crippen molar-refractivity contribution >= 4 is 12.2 Å². The Bertz CT molecular complexity index is 848. The number of nitrogens with zero attached hydrogens (tertiary/aromatic N) is 2. The number of likely N-dealkylation sites (N-methyl/N-ethyl adjacent to an activating group) is 1. The SMILES string of the molecule is CC(C)C=O.CNC1=CC(C(C)NC(=O)c2cnc(C(F)(F)F)c(C)c2)=CC(C)N1C. The van der Waals surface area contributed by atoms with E-state index in [-0.39, 0.29) is 29.1 Å². The number of pyridine rings is 1. The number of aromatic nitrogens is 1. The van der Waals surface area contributed by atoms with E-state index in [0.29, 0.717) is 0 Å². The highest BCUT2D eigenvalue weighted by molar-refractivity contribution is 5.94. The van der Waals surface area contributed by atoms with E-state index in [4.69, 9.17) is 0 Å². The van der Waals surface area contributed by atoms with Crippen molar-refractivity contribution in [2.24, 2.45) is 5.92 Å². The van der Waals surface area contributed by atoms with Crippen LogP contribution in [0.1, 0.15) is 49.3 Å². The third kappa shape index (κ3) is 7.41. The lowest BCUT2D eigenvalue weighted by Gasteiger charge is -2.33. The minimum Gasteiger partial charge on any atom is -0.375 e.